The molecule has 0 aliphatic rings. The van der Waals surface area contributed by atoms with Crippen molar-refractivity contribution in [2.75, 3.05) is 7.05 Å². The van der Waals surface area contributed by atoms with Gasteiger partial charge < -0.3 is 16.2 Å². The Morgan fingerprint density at radius 3 is 2.42 bits per heavy atom. The van der Waals surface area contributed by atoms with E-state index in [0.29, 0.717) is 5.56 Å². The fourth-order valence-corrected chi connectivity index (χ4v) is 0.776. The summed E-state index contributed by atoms with van der Waals surface area (Å²) in [6.07, 6.45) is 1.13. The van der Waals surface area contributed by atoms with Gasteiger partial charge in [0, 0.05) is 11.8 Å². The van der Waals surface area contributed by atoms with Crippen molar-refractivity contribution in [3.8, 4) is 5.75 Å². The van der Waals surface area contributed by atoms with Crippen LogP contribution < -0.4 is 5.73 Å². The first-order valence-corrected chi connectivity index (χ1v) is 3.62. The molecule has 0 fully saturated rings. The average molecular weight is 166 g/mol. The minimum atomic E-state index is 0.176. The molecule has 0 spiro atoms. The highest BCUT2D eigenvalue weighted by molar-refractivity contribution is 5.80. The lowest BCUT2D eigenvalue weighted by molar-refractivity contribution is 0.474. The standard InChI is InChI=1S/C8H9NO.CH5N/c1-6-2-3-7(5-9)8(10)4-6;1-2/h2-5,9-10H,1H3;2H2,1H3. The van der Waals surface area contributed by atoms with Gasteiger partial charge in [-0.15, -0.1) is 0 Å². The summed E-state index contributed by atoms with van der Waals surface area (Å²) in [5.41, 5.74) is 6.06. The number of rotatable bonds is 1. The van der Waals surface area contributed by atoms with Gasteiger partial charge in [-0.2, -0.15) is 0 Å². The maximum absolute atomic E-state index is 9.14. The summed E-state index contributed by atoms with van der Waals surface area (Å²) in [4.78, 5) is 0. The summed E-state index contributed by atoms with van der Waals surface area (Å²) in [5.74, 6) is 0.176. The molecule has 1 aromatic carbocycles. The summed E-state index contributed by atoms with van der Waals surface area (Å²) in [6, 6.07) is 5.22. The predicted octanol–water partition coefficient (Wildman–Crippen LogP) is 1.27. The minimum absolute atomic E-state index is 0.176. The second-order valence-corrected chi connectivity index (χ2v) is 2.21. The molecular weight excluding hydrogens is 152 g/mol. The number of phenols is 1. The number of hydrogen-bond acceptors (Lipinski definition) is 3. The molecule has 12 heavy (non-hydrogen) atoms. The monoisotopic (exact) mass is 166 g/mol. The van der Waals surface area contributed by atoms with Crippen molar-refractivity contribution in [1.29, 1.82) is 5.41 Å². The van der Waals surface area contributed by atoms with Crippen LogP contribution in [0, 0.1) is 12.3 Å². The number of hydrogen-bond donors (Lipinski definition) is 3. The highest BCUT2D eigenvalue weighted by atomic mass is 16.3. The van der Waals surface area contributed by atoms with Crippen LogP contribution in [0.2, 0.25) is 0 Å². The van der Waals surface area contributed by atoms with Gasteiger partial charge in [0.2, 0.25) is 0 Å². The molecule has 0 bridgehead atoms. The number of aryl methyl sites for hydroxylation is 1. The van der Waals surface area contributed by atoms with E-state index in [4.69, 9.17) is 10.5 Å². The third kappa shape index (κ3) is 2.72. The van der Waals surface area contributed by atoms with Crippen LogP contribution in [0.1, 0.15) is 11.1 Å². The lowest BCUT2D eigenvalue weighted by atomic mass is 10.1. The summed E-state index contributed by atoms with van der Waals surface area (Å²) in [6.45, 7) is 1.90. The largest absolute Gasteiger partial charge is 0.507 e. The molecule has 66 valence electrons. The zero-order chi connectivity index (χ0) is 9.56. The molecule has 1 aromatic rings. The van der Waals surface area contributed by atoms with Gasteiger partial charge in [0.1, 0.15) is 5.75 Å². The molecule has 0 amide bonds. The highest BCUT2D eigenvalue weighted by Gasteiger charge is 1.95. The number of benzene rings is 1. The van der Waals surface area contributed by atoms with E-state index in [2.05, 4.69) is 5.73 Å². The van der Waals surface area contributed by atoms with Gasteiger partial charge in [0.15, 0.2) is 0 Å². The van der Waals surface area contributed by atoms with Crippen molar-refractivity contribution in [3.63, 3.8) is 0 Å². The van der Waals surface area contributed by atoms with Crippen LogP contribution >= 0.6 is 0 Å². The Morgan fingerprint density at radius 2 is 2.00 bits per heavy atom. The first kappa shape index (κ1) is 10.7. The lowest BCUT2D eigenvalue weighted by Crippen LogP contribution is -1.80. The fourth-order valence-electron chi connectivity index (χ4n) is 0.776. The molecule has 0 heterocycles. The lowest BCUT2D eigenvalue weighted by Gasteiger charge is -1.97. The Kier molecular flexibility index (Phi) is 4.72. The molecule has 0 atom stereocenters. The van der Waals surface area contributed by atoms with Crippen LogP contribution in [0.15, 0.2) is 18.2 Å². The SMILES string of the molecule is CN.Cc1ccc(C=N)c(O)c1. The second kappa shape index (κ2) is 5.32. The molecule has 0 aromatic heterocycles. The zero-order valence-electron chi connectivity index (χ0n) is 7.33. The van der Waals surface area contributed by atoms with E-state index in [1.807, 2.05) is 13.0 Å². The molecule has 0 unspecified atom stereocenters. The third-order valence-electron chi connectivity index (χ3n) is 1.34. The Balaban J connectivity index is 0.000000561. The van der Waals surface area contributed by atoms with E-state index >= 15 is 0 Å². The molecule has 0 aliphatic heterocycles. The summed E-state index contributed by atoms with van der Waals surface area (Å²) in [7, 11) is 1.50. The van der Waals surface area contributed by atoms with Crippen LogP contribution in [0.5, 0.6) is 5.75 Å². The Bertz CT molecular complexity index is 259. The van der Waals surface area contributed by atoms with Gasteiger partial charge in [-0.3, -0.25) is 0 Å². The van der Waals surface area contributed by atoms with E-state index < -0.39 is 0 Å². The van der Waals surface area contributed by atoms with Gasteiger partial charge >= 0.3 is 0 Å². The predicted molar refractivity (Wildman–Crippen MR) is 50.8 cm³/mol. The highest BCUT2D eigenvalue weighted by Crippen LogP contribution is 2.15. The van der Waals surface area contributed by atoms with Crippen LogP contribution in [0.4, 0.5) is 0 Å². The molecule has 0 aliphatic carbocycles. The van der Waals surface area contributed by atoms with Crippen LogP contribution in [0.25, 0.3) is 0 Å². The molecule has 1 rings (SSSR count). The number of nitrogens with one attached hydrogen (secondary N) is 1. The Labute approximate surface area is 72.4 Å². The van der Waals surface area contributed by atoms with E-state index in [9.17, 15) is 0 Å². The third-order valence-corrected chi connectivity index (χ3v) is 1.34. The smallest absolute Gasteiger partial charge is 0.124 e. The molecule has 3 nitrogen and oxygen atoms in total. The normalized spacial score (nSPS) is 8.25. The van der Waals surface area contributed by atoms with Crippen molar-refractivity contribution in [1.82, 2.24) is 0 Å². The van der Waals surface area contributed by atoms with Crippen LogP contribution in [-0.2, 0) is 0 Å². The Morgan fingerprint density at radius 1 is 1.42 bits per heavy atom. The quantitative estimate of drug-likeness (QED) is 0.550. The minimum Gasteiger partial charge on any atom is -0.507 e. The van der Waals surface area contributed by atoms with E-state index in [1.54, 1.807) is 12.1 Å². The van der Waals surface area contributed by atoms with Gasteiger partial charge in [-0.25, -0.2) is 0 Å². The molecular formula is C9H14N2O. The van der Waals surface area contributed by atoms with E-state index in [1.165, 1.54) is 7.05 Å². The Hall–Kier alpha value is -1.35. The first-order chi connectivity index (χ1) is 5.74. The molecule has 0 saturated heterocycles. The van der Waals surface area contributed by atoms with E-state index in [0.717, 1.165) is 11.8 Å². The number of nitrogens with two attached hydrogens (primary N) is 1. The fraction of sp³-hybridized carbons (Fsp3) is 0.222. The zero-order valence-corrected chi connectivity index (χ0v) is 7.33. The maximum Gasteiger partial charge on any atom is 0.124 e. The summed E-state index contributed by atoms with van der Waals surface area (Å²) in [5, 5.41) is 16.0. The van der Waals surface area contributed by atoms with Crippen molar-refractivity contribution in [3.05, 3.63) is 29.3 Å². The molecule has 3 heteroatoms. The molecule has 0 saturated carbocycles. The first-order valence-electron chi connectivity index (χ1n) is 3.62. The number of aromatic hydroxyl groups is 1. The van der Waals surface area contributed by atoms with Crippen LogP contribution in [0.3, 0.4) is 0 Å². The maximum atomic E-state index is 9.14. The van der Waals surface area contributed by atoms with Gasteiger partial charge in [0.25, 0.3) is 0 Å². The second-order valence-electron chi connectivity index (χ2n) is 2.21. The van der Waals surface area contributed by atoms with Crippen molar-refractivity contribution >= 4 is 6.21 Å². The van der Waals surface area contributed by atoms with Gasteiger partial charge in [-0.1, -0.05) is 6.07 Å². The van der Waals surface area contributed by atoms with Crippen molar-refractivity contribution in [2.24, 2.45) is 5.73 Å². The van der Waals surface area contributed by atoms with Crippen molar-refractivity contribution < 1.29 is 5.11 Å². The molecule has 4 N–H and O–H groups in total. The van der Waals surface area contributed by atoms with Gasteiger partial charge in [0.05, 0.1) is 0 Å². The number of phenolic OH excluding ortho intramolecular Hbond substituents is 1. The summed E-state index contributed by atoms with van der Waals surface area (Å²) < 4.78 is 0. The summed E-state index contributed by atoms with van der Waals surface area (Å²) >= 11 is 0. The molecule has 0 radical (unpaired) electrons. The van der Waals surface area contributed by atoms with Crippen LogP contribution in [-0.4, -0.2) is 18.4 Å². The topological polar surface area (TPSA) is 70.1 Å². The average Bonchev–Trinajstić information content (AvgIpc) is 2.08. The van der Waals surface area contributed by atoms with E-state index in [-0.39, 0.29) is 5.75 Å². The van der Waals surface area contributed by atoms with Gasteiger partial charge in [-0.05, 0) is 31.7 Å². The van der Waals surface area contributed by atoms with Crippen molar-refractivity contribution in [2.45, 2.75) is 6.92 Å².